The summed E-state index contributed by atoms with van der Waals surface area (Å²) in [7, 11) is 1.74. The molecule has 0 aliphatic carbocycles. The predicted octanol–water partition coefficient (Wildman–Crippen LogP) is 2.47. The van der Waals surface area contributed by atoms with E-state index in [0.29, 0.717) is 11.3 Å². The molecule has 2 aromatic rings. The van der Waals surface area contributed by atoms with Gasteiger partial charge in [-0.05, 0) is 36.8 Å². The summed E-state index contributed by atoms with van der Waals surface area (Å²) in [6.45, 7) is 2.02. The number of carbonyl (C=O) groups excluding carboxylic acids is 1. The minimum absolute atomic E-state index is 0.178. The lowest BCUT2D eigenvalue weighted by molar-refractivity contribution is 0.101. The molecule has 1 unspecified atom stereocenters. The van der Waals surface area contributed by atoms with Crippen LogP contribution in [0.3, 0.4) is 0 Å². The molecule has 0 saturated carbocycles. The third kappa shape index (κ3) is 2.48. The van der Waals surface area contributed by atoms with Crippen LogP contribution in [0.1, 0.15) is 28.5 Å². The van der Waals surface area contributed by atoms with Gasteiger partial charge in [0.25, 0.3) is 5.91 Å². The molecule has 0 radical (unpaired) electrons. The van der Waals surface area contributed by atoms with Gasteiger partial charge in [0.2, 0.25) is 0 Å². The first-order valence-corrected chi connectivity index (χ1v) is 6.74. The molecule has 1 aromatic carbocycles. The molecule has 1 aromatic heterocycles. The van der Waals surface area contributed by atoms with Crippen molar-refractivity contribution in [2.45, 2.75) is 19.4 Å². The van der Waals surface area contributed by atoms with Crippen LogP contribution in [0, 0.1) is 11.3 Å². The van der Waals surface area contributed by atoms with E-state index in [1.807, 2.05) is 31.2 Å². The fraction of sp³-hybridized carbons (Fsp3) is 0.250. The van der Waals surface area contributed by atoms with E-state index in [0.717, 1.165) is 23.4 Å². The Morgan fingerprint density at radius 1 is 1.48 bits per heavy atom. The quantitative estimate of drug-likeness (QED) is 0.919. The van der Waals surface area contributed by atoms with E-state index in [-0.39, 0.29) is 12.0 Å². The highest BCUT2D eigenvalue weighted by Gasteiger charge is 2.20. The second-order valence-corrected chi connectivity index (χ2v) is 5.25. The summed E-state index contributed by atoms with van der Waals surface area (Å²) in [4.78, 5) is 12.3. The number of amides is 1. The number of fused-ring (bicyclic) bond motifs is 1. The normalized spacial score (nSPS) is 16.0. The van der Waals surface area contributed by atoms with Gasteiger partial charge in [0, 0.05) is 25.4 Å². The van der Waals surface area contributed by atoms with Crippen molar-refractivity contribution >= 4 is 11.6 Å². The lowest BCUT2D eigenvalue weighted by Crippen LogP contribution is -2.15. The Kier molecular flexibility index (Phi) is 3.15. The number of nitrogens with zero attached hydrogens (tertiary/aromatic N) is 2. The Morgan fingerprint density at radius 3 is 3.00 bits per heavy atom. The number of benzene rings is 1. The molecule has 2 heterocycles. The van der Waals surface area contributed by atoms with Gasteiger partial charge in [0.05, 0.1) is 5.56 Å². The molecule has 0 spiro atoms. The first-order valence-electron chi connectivity index (χ1n) is 6.74. The second-order valence-electron chi connectivity index (χ2n) is 5.25. The molecule has 0 bridgehead atoms. The molecule has 1 aliphatic heterocycles. The zero-order valence-corrected chi connectivity index (χ0v) is 11.9. The van der Waals surface area contributed by atoms with Crippen molar-refractivity contribution < 1.29 is 9.53 Å². The largest absolute Gasteiger partial charge is 0.490 e. The Bertz CT molecular complexity index is 755. The molecule has 1 aliphatic rings. The van der Waals surface area contributed by atoms with Gasteiger partial charge in [-0.1, -0.05) is 0 Å². The molecule has 3 rings (SSSR count). The van der Waals surface area contributed by atoms with Crippen LogP contribution in [-0.4, -0.2) is 16.6 Å². The van der Waals surface area contributed by atoms with Crippen molar-refractivity contribution in [2.75, 3.05) is 5.32 Å². The summed E-state index contributed by atoms with van der Waals surface area (Å²) in [5, 5.41) is 11.7. The van der Waals surface area contributed by atoms with Crippen LogP contribution >= 0.6 is 0 Å². The lowest BCUT2D eigenvalue weighted by atomic mass is 10.1. The fourth-order valence-electron chi connectivity index (χ4n) is 2.55. The summed E-state index contributed by atoms with van der Waals surface area (Å²) in [6, 6.07) is 9.24. The number of anilines is 1. The molecule has 21 heavy (non-hydrogen) atoms. The van der Waals surface area contributed by atoms with Crippen LogP contribution in [0.4, 0.5) is 5.69 Å². The molecular weight excluding hydrogens is 266 g/mol. The molecule has 0 fully saturated rings. The Morgan fingerprint density at radius 2 is 2.29 bits per heavy atom. The first-order chi connectivity index (χ1) is 10.1. The van der Waals surface area contributed by atoms with Crippen LogP contribution in [0.2, 0.25) is 0 Å². The summed E-state index contributed by atoms with van der Waals surface area (Å²) >= 11 is 0. The van der Waals surface area contributed by atoms with Crippen LogP contribution < -0.4 is 10.1 Å². The summed E-state index contributed by atoms with van der Waals surface area (Å²) in [5.74, 6) is 0.650. The third-order valence-corrected chi connectivity index (χ3v) is 3.52. The third-order valence-electron chi connectivity index (χ3n) is 3.52. The van der Waals surface area contributed by atoms with Gasteiger partial charge in [0.1, 0.15) is 23.6 Å². The molecule has 1 amide bonds. The van der Waals surface area contributed by atoms with E-state index in [4.69, 9.17) is 10.00 Å². The van der Waals surface area contributed by atoms with Gasteiger partial charge in [0.15, 0.2) is 0 Å². The Labute approximate surface area is 122 Å². The number of hydrogen-bond donors (Lipinski definition) is 1. The fourth-order valence-corrected chi connectivity index (χ4v) is 2.55. The maximum Gasteiger partial charge on any atom is 0.272 e. The van der Waals surface area contributed by atoms with Crippen LogP contribution in [0.15, 0.2) is 30.5 Å². The highest BCUT2D eigenvalue weighted by Crippen LogP contribution is 2.31. The smallest absolute Gasteiger partial charge is 0.272 e. The topological polar surface area (TPSA) is 67.0 Å². The zero-order chi connectivity index (χ0) is 15.0. The van der Waals surface area contributed by atoms with Crippen molar-refractivity contribution in [3.63, 3.8) is 0 Å². The van der Waals surface area contributed by atoms with E-state index < -0.39 is 0 Å². The van der Waals surface area contributed by atoms with Crippen molar-refractivity contribution in [1.82, 2.24) is 4.57 Å². The van der Waals surface area contributed by atoms with Gasteiger partial charge in [-0.25, -0.2) is 0 Å². The maximum absolute atomic E-state index is 12.3. The first kappa shape index (κ1) is 13.3. The van der Waals surface area contributed by atoms with E-state index in [9.17, 15) is 4.79 Å². The average Bonchev–Trinajstić information content (AvgIpc) is 3.00. The summed E-state index contributed by atoms with van der Waals surface area (Å²) in [5.41, 5.74) is 2.76. The number of aromatic nitrogens is 1. The number of ether oxygens (including phenoxy) is 1. The van der Waals surface area contributed by atoms with Gasteiger partial charge in [-0.15, -0.1) is 0 Å². The highest BCUT2D eigenvalue weighted by atomic mass is 16.5. The van der Waals surface area contributed by atoms with Gasteiger partial charge >= 0.3 is 0 Å². The van der Waals surface area contributed by atoms with E-state index >= 15 is 0 Å². The molecule has 5 heteroatoms. The van der Waals surface area contributed by atoms with Crippen molar-refractivity contribution in [3.8, 4) is 11.8 Å². The Hall–Kier alpha value is -2.74. The summed E-state index contributed by atoms with van der Waals surface area (Å²) < 4.78 is 7.28. The van der Waals surface area contributed by atoms with Gasteiger partial charge in [-0.2, -0.15) is 5.26 Å². The standard InChI is InChI=1S/C16H15N3O2/c1-10-5-12-7-13(3-4-15(12)21-10)18-16(20)14-6-11(8-17)9-19(14)2/h3-4,6-7,9-10H,5H2,1-2H3,(H,18,20). The average molecular weight is 281 g/mol. The minimum Gasteiger partial charge on any atom is -0.490 e. The summed E-state index contributed by atoms with van der Waals surface area (Å²) in [6.07, 6.45) is 2.66. The number of nitriles is 1. The van der Waals surface area contributed by atoms with E-state index in [2.05, 4.69) is 5.32 Å². The lowest BCUT2D eigenvalue weighted by Gasteiger charge is -2.07. The highest BCUT2D eigenvalue weighted by molar-refractivity contribution is 6.03. The van der Waals surface area contributed by atoms with Crippen LogP contribution in [-0.2, 0) is 13.5 Å². The molecule has 106 valence electrons. The maximum atomic E-state index is 12.3. The predicted molar refractivity (Wildman–Crippen MR) is 78.3 cm³/mol. The number of hydrogen-bond acceptors (Lipinski definition) is 3. The molecule has 0 saturated heterocycles. The van der Waals surface area contributed by atoms with Crippen molar-refractivity contribution in [2.24, 2.45) is 7.05 Å². The van der Waals surface area contributed by atoms with Crippen LogP contribution in [0.5, 0.6) is 5.75 Å². The molecular formula is C16H15N3O2. The molecule has 5 nitrogen and oxygen atoms in total. The second kappa shape index (κ2) is 4.98. The number of carbonyl (C=O) groups is 1. The zero-order valence-electron chi connectivity index (χ0n) is 11.9. The molecule has 1 N–H and O–H groups in total. The number of aryl methyl sites for hydroxylation is 1. The SMILES string of the molecule is CC1Cc2cc(NC(=O)c3cc(C#N)cn3C)ccc2O1. The molecule has 1 atom stereocenters. The van der Waals surface area contributed by atoms with E-state index in [1.165, 1.54) is 0 Å². The minimum atomic E-state index is -0.231. The number of rotatable bonds is 2. The van der Waals surface area contributed by atoms with Crippen LogP contribution in [0.25, 0.3) is 0 Å². The monoisotopic (exact) mass is 281 g/mol. The van der Waals surface area contributed by atoms with Crippen molar-refractivity contribution in [1.29, 1.82) is 5.26 Å². The van der Waals surface area contributed by atoms with Gasteiger partial charge in [-0.3, -0.25) is 4.79 Å². The van der Waals surface area contributed by atoms with Crippen molar-refractivity contribution in [3.05, 3.63) is 47.3 Å². The van der Waals surface area contributed by atoms with Gasteiger partial charge < -0.3 is 14.6 Å². The number of nitrogens with one attached hydrogen (secondary N) is 1. The van der Waals surface area contributed by atoms with E-state index in [1.54, 1.807) is 23.9 Å². The Balaban J connectivity index is 1.81.